The largest absolute Gasteiger partial charge is 0.497 e. The van der Waals surface area contributed by atoms with Gasteiger partial charge in [0.05, 0.1) is 12.8 Å². The van der Waals surface area contributed by atoms with E-state index in [1.807, 2.05) is 78.9 Å². The lowest BCUT2D eigenvalue weighted by atomic mass is 10.1. The quantitative estimate of drug-likeness (QED) is 0.359. The summed E-state index contributed by atoms with van der Waals surface area (Å²) in [5, 5.41) is 3.71. The number of hydrogen-bond donors (Lipinski definition) is 1. The molecule has 4 nitrogen and oxygen atoms in total. The fourth-order valence-electron chi connectivity index (χ4n) is 3.68. The van der Waals surface area contributed by atoms with Crippen molar-refractivity contribution in [3.8, 4) is 22.7 Å². The predicted molar refractivity (Wildman–Crippen MR) is 129 cm³/mol. The highest BCUT2D eigenvalue weighted by Crippen LogP contribution is 2.29. The van der Waals surface area contributed by atoms with E-state index < -0.39 is 0 Å². The molecule has 0 bridgehead atoms. The van der Waals surface area contributed by atoms with E-state index >= 15 is 0 Å². The van der Waals surface area contributed by atoms with Crippen LogP contribution < -0.4 is 10.1 Å². The van der Waals surface area contributed by atoms with Crippen molar-refractivity contribution in [3.05, 3.63) is 107 Å². The lowest BCUT2D eigenvalue weighted by Gasteiger charge is -2.15. The summed E-state index contributed by atoms with van der Waals surface area (Å²) in [6, 6.07) is 29.8. The molecule has 1 heterocycles. The molecule has 0 saturated heterocycles. The summed E-state index contributed by atoms with van der Waals surface area (Å²) >= 11 is 6.09. The third-order valence-corrected chi connectivity index (χ3v) is 5.63. The van der Waals surface area contributed by atoms with Crippen LogP contribution in [0.15, 0.2) is 91.0 Å². The summed E-state index contributed by atoms with van der Waals surface area (Å²) in [5.74, 6) is 0.833. The van der Waals surface area contributed by atoms with Crippen LogP contribution in [-0.2, 0) is 17.8 Å². The topological polar surface area (TPSA) is 43.3 Å². The fraction of sp³-hybridized carbons (Fsp3) is 0.148. The molecule has 1 N–H and O–H groups in total. The van der Waals surface area contributed by atoms with Crippen LogP contribution in [-0.4, -0.2) is 17.6 Å². The average molecular weight is 445 g/mol. The van der Waals surface area contributed by atoms with E-state index in [0.717, 1.165) is 34.0 Å². The molecule has 0 aliphatic rings. The van der Waals surface area contributed by atoms with Gasteiger partial charge in [0, 0.05) is 29.4 Å². The standard InChI is InChI=1S/C27H25ClN2O2/c1-32-25-15-11-23(12-16-25)30-24(13-17-26(30)21-7-9-22(28)10-8-21)14-18-27(31)29-19-20-5-3-2-4-6-20/h2-13,15-17H,14,18-19H2,1H3,(H,29,31). The van der Waals surface area contributed by atoms with Crippen molar-refractivity contribution in [2.24, 2.45) is 0 Å². The number of nitrogens with one attached hydrogen (secondary N) is 1. The van der Waals surface area contributed by atoms with E-state index in [1.165, 1.54) is 0 Å². The second-order valence-electron chi connectivity index (χ2n) is 7.51. The van der Waals surface area contributed by atoms with Crippen LogP contribution in [0.25, 0.3) is 16.9 Å². The van der Waals surface area contributed by atoms with Crippen LogP contribution in [0.4, 0.5) is 0 Å². The first kappa shape index (κ1) is 21.7. The smallest absolute Gasteiger partial charge is 0.220 e. The van der Waals surface area contributed by atoms with Gasteiger partial charge in [-0.1, -0.05) is 54.1 Å². The molecular weight excluding hydrogens is 420 g/mol. The highest BCUT2D eigenvalue weighted by Gasteiger charge is 2.14. The van der Waals surface area contributed by atoms with Gasteiger partial charge < -0.3 is 14.6 Å². The SMILES string of the molecule is COc1ccc(-n2c(CCC(=O)NCc3ccccc3)ccc2-c2ccc(Cl)cc2)cc1. The highest BCUT2D eigenvalue weighted by atomic mass is 35.5. The van der Waals surface area contributed by atoms with Gasteiger partial charge in [-0.3, -0.25) is 4.79 Å². The number of benzene rings is 3. The molecule has 0 unspecified atom stereocenters. The number of halogens is 1. The Morgan fingerprint density at radius 2 is 1.62 bits per heavy atom. The first-order valence-corrected chi connectivity index (χ1v) is 10.9. The van der Waals surface area contributed by atoms with E-state index in [1.54, 1.807) is 7.11 Å². The summed E-state index contributed by atoms with van der Waals surface area (Å²) in [4.78, 5) is 12.5. The van der Waals surface area contributed by atoms with Crippen molar-refractivity contribution in [1.82, 2.24) is 9.88 Å². The lowest BCUT2D eigenvalue weighted by Crippen LogP contribution is -2.23. The van der Waals surface area contributed by atoms with Crippen molar-refractivity contribution < 1.29 is 9.53 Å². The number of carbonyl (C=O) groups is 1. The molecule has 0 fully saturated rings. The number of ether oxygens (including phenoxy) is 1. The van der Waals surface area contributed by atoms with Crippen molar-refractivity contribution >= 4 is 17.5 Å². The number of carbonyl (C=O) groups excluding carboxylic acids is 1. The van der Waals surface area contributed by atoms with Gasteiger partial charge in [-0.25, -0.2) is 0 Å². The fourth-order valence-corrected chi connectivity index (χ4v) is 3.81. The molecule has 0 aliphatic carbocycles. The van der Waals surface area contributed by atoms with E-state index in [-0.39, 0.29) is 5.91 Å². The maximum absolute atomic E-state index is 12.5. The lowest BCUT2D eigenvalue weighted by molar-refractivity contribution is -0.121. The minimum absolute atomic E-state index is 0.0318. The van der Waals surface area contributed by atoms with E-state index in [0.29, 0.717) is 24.4 Å². The van der Waals surface area contributed by atoms with Crippen LogP contribution >= 0.6 is 11.6 Å². The zero-order valence-corrected chi connectivity index (χ0v) is 18.7. The molecule has 5 heteroatoms. The van der Waals surface area contributed by atoms with Gasteiger partial charge in [-0.15, -0.1) is 0 Å². The molecule has 4 rings (SSSR count). The predicted octanol–water partition coefficient (Wildman–Crippen LogP) is 6.06. The molecule has 4 aromatic rings. The van der Waals surface area contributed by atoms with E-state index in [2.05, 4.69) is 22.0 Å². The third kappa shape index (κ3) is 5.21. The molecule has 1 amide bonds. The van der Waals surface area contributed by atoms with Crippen LogP contribution in [0.1, 0.15) is 17.7 Å². The van der Waals surface area contributed by atoms with Crippen molar-refractivity contribution in [1.29, 1.82) is 0 Å². The van der Waals surface area contributed by atoms with Crippen LogP contribution in [0.3, 0.4) is 0 Å². The summed E-state index contributed by atoms with van der Waals surface area (Å²) in [6.07, 6.45) is 1.04. The van der Waals surface area contributed by atoms with Gasteiger partial charge in [0.2, 0.25) is 5.91 Å². The Morgan fingerprint density at radius 3 is 2.31 bits per heavy atom. The molecule has 1 aromatic heterocycles. The summed E-state index contributed by atoms with van der Waals surface area (Å²) in [5.41, 5.74) is 5.28. The molecular formula is C27H25ClN2O2. The third-order valence-electron chi connectivity index (χ3n) is 5.37. The Balaban J connectivity index is 1.55. The van der Waals surface area contributed by atoms with E-state index in [4.69, 9.17) is 16.3 Å². The Bertz CT molecular complexity index is 1170. The van der Waals surface area contributed by atoms with E-state index in [9.17, 15) is 4.79 Å². The van der Waals surface area contributed by atoms with Gasteiger partial charge in [0.25, 0.3) is 0 Å². The van der Waals surface area contributed by atoms with Crippen molar-refractivity contribution in [3.63, 3.8) is 0 Å². The normalized spacial score (nSPS) is 10.7. The number of hydrogen-bond acceptors (Lipinski definition) is 2. The first-order valence-electron chi connectivity index (χ1n) is 10.6. The van der Waals surface area contributed by atoms with Crippen molar-refractivity contribution in [2.45, 2.75) is 19.4 Å². The second-order valence-corrected chi connectivity index (χ2v) is 7.95. The van der Waals surface area contributed by atoms with Crippen LogP contribution in [0, 0.1) is 0 Å². The minimum atomic E-state index is 0.0318. The van der Waals surface area contributed by atoms with Gasteiger partial charge in [-0.05, 0) is 66.1 Å². The summed E-state index contributed by atoms with van der Waals surface area (Å²) in [6.45, 7) is 0.537. The summed E-state index contributed by atoms with van der Waals surface area (Å²) < 4.78 is 7.50. The molecule has 3 aromatic carbocycles. The van der Waals surface area contributed by atoms with Gasteiger partial charge in [0.15, 0.2) is 0 Å². The summed E-state index contributed by atoms with van der Waals surface area (Å²) in [7, 11) is 1.66. The number of amides is 1. The monoisotopic (exact) mass is 444 g/mol. The Hall–Kier alpha value is -3.50. The highest BCUT2D eigenvalue weighted by molar-refractivity contribution is 6.30. The molecule has 0 radical (unpaired) electrons. The maximum atomic E-state index is 12.5. The first-order chi connectivity index (χ1) is 15.6. The zero-order valence-electron chi connectivity index (χ0n) is 17.9. The Kier molecular flexibility index (Phi) is 6.93. The van der Waals surface area contributed by atoms with Crippen LogP contribution in [0.5, 0.6) is 5.75 Å². The zero-order chi connectivity index (χ0) is 22.3. The molecule has 0 saturated carbocycles. The van der Waals surface area contributed by atoms with Gasteiger partial charge in [-0.2, -0.15) is 0 Å². The maximum Gasteiger partial charge on any atom is 0.220 e. The molecule has 32 heavy (non-hydrogen) atoms. The van der Waals surface area contributed by atoms with Crippen LogP contribution in [0.2, 0.25) is 5.02 Å². The Morgan fingerprint density at radius 1 is 0.906 bits per heavy atom. The number of aryl methyl sites for hydroxylation is 1. The number of aromatic nitrogens is 1. The number of methoxy groups -OCH3 is 1. The van der Waals surface area contributed by atoms with Gasteiger partial charge >= 0.3 is 0 Å². The number of nitrogens with zero attached hydrogens (tertiary/aromatic N) is 1. The molecule has 0 atom stereocenters. The van der Waals surface area contributed by atoms with Crippen molar-refractivity contribution in [2.75, 3.05) is 7.11 Å². The minimum Gasteiger partial charge on any atom is -0.497 e. The molecule has 0 aliphatic heterocycles. The van der Waals surface area contributed by atoms with Gasteiger partial charge in [0.1, 0.15) is 5.75 Å². The Labute approximate surface area is 193 Å². The molecule has 0 spiro atoms. The number of rotatable bonds is 8. The second kappa shape index (κ2) is 10.2. The average Bonchev–Trinajstić information content (AvgIpc) is 3.26. The molecule has 162 valence electrons.